The van der Waals surface area contributed by atoms with Crippen LogP contribution in [0.3, 0.4) is 0 Å². The Morgan fingerprint density at radius 1 is 1.12 bits per heavy atom. The van der Waals surface area contributed by atoms with E-state index in [0.717, 1.165) is 15.9 Å². The molecule has 2 aromatic rings. The smallest absolute Gasteiger partial charge is 0.220 e. The topological polar surface area (TPSA) is 46.3 Å². The van der Waals surface area contributed by atoms with Gasteiger partial charge in [-0.15, -0.1) is 0 Å². The van der Waals surface area contributed by atoms with E-state index in [9.17, 15) is 10.3 Å². The first-order valence-corrected chi connectivity index (χ1v) is 5.32. The average molecular weight is 227 g/mol. The fourth-order valence-electron chi connectivity index (χ4n) is 1.59. The van der Waals surface area contributed by atoms with Gasteiger partial charge >= 0.3 is 0 Å². The summed E-state index contributed by atoms with van der Waals surface area (Å²) in [5, 5.41) is 21.1. The molecule has 0 aromatic heterocycles. The van der Waals surface area contributed by atoms with Gasteiger partial charge in [-0.3, -0.25) is 0 Å². The van der Waals surface area contributed by atoms with Crippen molar-refractivity contribution < 1.29 is 9.85 Å². The minimum Gasteiger partial charge on any atom is -0.618 e. The van der Waals surface area contributed by atoms with Crippen molar-refractivity contribution in [1.82, 2.24) is 0 Å². The Balaban J connectivity index is 2.34. The van der Waals surface area contributed by atoms with Gasteiger partial charge in [-0.2, -0.15) is 4.74 Å². The second-order valence-electron chi connectivity index (χ2n) is 3.89. The summed E-state index contributed by atoms with van der Waals surface area (Å²) < 4.78 is 0.745. The highest BCUT2D eigenvalue weighted by molar-refractivity contribution is 5.76. The van der Waals surface area contributed by atoms with Crippen LogP contribution in [0.15, 0.2) is 48.5 Å². The lowest BCUT2D eigenvalue weighted by Gasteiger charge is -2.03. The molecule has 3 nitrogen and oxygen atoms in total. The summed E-state index contributed by atoms with van der Waals surface area (Å²) in [7, 11) is 0. The summed E-state index contributed by atoms with van der Waals surface area (Å²) >= 11 is 0. The van der Waals surface area contributed by atoms with Crippen molar-refractivity contribution in [3.05, 3.63) is 64.9 Å². The summed E-state index contributed by atoms with van der Waals surface area (Å²) in [6.07, 6.45) is 1.49. The van der Waals surface area contributed by atoms with E-state index < -0.39 is 0 Å². The number of hydrogen-bond acceptors (Lipinski definition) is 2. The van der Waals surface area contributed by atoms with Crippen molar-refractivity contribution in [2.45, 2.75) is 6.92 Å². The first kappa shape index (κ1) is 11.2. The highest BCUT2D eigenvalue weighted by atomic mass is 16.5. The first-order chi connectivity index (χ1) is 8.15. The van der Waals surface area contributed by atoms with Crippen molar-refractivity contribution in [3.63, 3.8) is 0 Å². The number of aryl methyl sites for hydroxylation is 1. The van der Waals surface area contributed by atoms with E-state index in [2.05, 4.69) is 0 Å². The molecule has 2 aromatic carbocycles. The molecule has 0 heterocycles. The summed E-state index contributed by atoms with van der Waals surface area (Å²) in [5.41, 5.74) is 2.35. The largest absolute Gasteiger partial charge is 0.618 e. The highest BCUT2D eigenvalue weighted by Gasteiger charge is 2.02. The van der Waals surface area contributed by atoms with Crippen molar-refractivity contribution >= 4 is 11.9 Å². The van der Waals surface area contributed by atoms with Gasteiger partial charge in [-0.05, 0) is 25.1 Å². The number of aromatic hydroxyl groups is 1. The highest BCUT2D eigenvalue weighted by Crippen LogP contribution is 2.17. The molecule has 86 valence electrons. The third-order valence-corrected chi connectivity index (χ3v) is 2.39. The quantitative estimate of drug-likeness (QED) is 0.371. The number of phenols is 1. The van der Waals surface area contributed by atoms with Crippen LogP contribution in [0.5, 0.6) is 5.75 Å². The Morgan fingerprint density at radius 3 is 2.59 bits per heavy atom. The molecule has 0 saturated carbocycles. The fraction of sp³-hybridized carbons (Fsp3) is 0.0714. The van der Waals surface area contributed by atoms with Crippen molar-refractivity contribution in [1.29, 1.82) is 0 Å². The van der Waals surface area contributed by atoms with Crippen LogP contribution in [0.1, 0.15) is 11.1 Å². The zero-order valence-corrected chi connectivity index (χ0v) is 9.50. The Labute approximate surface area is 99.9 Å². The minimum absolute atomic E-state index is 0.0843. The number of rotatable bonds is 2. The van der Waals surface area contributed by atoms with E-state index in [4.69, 9.17) is 0 Å². The maximum Gasteiger partial charge on any atom is 0.220 e. The molecule has 0 aliphatic carbocycles. The minimum atomic E-state index is 0.0843. The predicted octanol–water partition coefficient (Wildman–Crippen LogP) is 2.96. The third kappa shape index (κ3) is 2.84. The van der Waals surface area contributed by atoms with Gasteiger partial charge in [-0.25, -0.2) is 0 Å². The van der Waals surface area contributed by atoms with E-state index in [1.807, 2.05) is 31.2 Å². The normalized spacial score (nSPS) is 11.5. The van der Waals surface area contributed by atoms with E-state index in [0.29, 0.717) is 5.69 Å². The fourth-order valence-corrected chi connectivity index (χ4v) is 1.59. The van der Waals surface area contributed by atoms with Gasteiger partial charge in [0.15, 0.2) is 6.21 Å². The van der Waals surface area contributed by atoms with Gasteiger partial charge in [0.1, 0.15) is 5.75 Å². The summed E-state index contributed by atoms with van der Waals surface area (Å²) in [5.74, 6) is 0.0843. The molecule has 0 fully saturated rings. The predicted molar refractivity (Wildman–Crippen MR) is 67.7 cm³/mol. The van der Waals surface area contributed by atoms with Crippen LogP contribution in [-0.2, 0) is 0 Å². The molecular weight excluding hydrogens is 214 g/mol. The van der Waals surface area contributed by atoms with E-state index >= 15 is 0 Å². The lowest BCUT2D eigenvalue weighted by molar-refractivity contribution is -0.354. The molecule has 0 atom stereocenters. The molecule has 0 amide bonds. The molecule has 3 heteroatoms. The molecule has 0 radical (unpaired) electrons. The first-order valence-electron chi connectivity index (χ1n) is 5.32. The Hall–Kier alpha value is -2.29. The summed E-state index contributed by atoms with van der Waals surface area (Å²) in [4.78, 5) is 0. The van der Waals surface area contributed by atoms with E-state index in [-0.39, 0.29) is 5.75 Å². The maximum atomic E-state index is 11.8. The van der Waals surface area contributed by atoms with Gasteiger partial charge in [0.25, 0.3) is 0 Å². The van der Waals surface area contributed by atoms with Crippen molar-refractivity contribution in [2.75, 3.05) is 0 Å². The maximum absolute atomic E-state index is 11.8. The zero-order chi connectivity index (χ0) is 12.3. The second-order valence-corrected chi connectivity index (χ2v) is 3.89. The summed E-state index contributed by atoms with van der Waals surface area (Å²) in [6, 6.07) is 13.9. The second kappa shape index (κ2) is 4.70. The molecule has 0 aliphatic rings. The van der Waals surface area contributed by atoms with Crippen LogP contribution in [0.25, 0.3) is 0 Å². The van der Waals surface area contributed by atoms with Crippen LogP contribution >= 0.6 is 0 Å². The molecule has 17 heavy (non-hydrogen) atoms. The molecule has 1 N–H and O–H groups in total. The SMILES string of the molecule is Cc1cccc(C=[N+]([O-])c2cccc(O)c2)c1. The molecule has 0 bridgehead atoms. The number of phenolic OH excluding ortho intramolecular Hbond substituents is 1. The van der Waals surface area contributed by atoms with Crippen LogP contribution in [-0.4, -0.2) is 16.1 Å². The average Bonchev–Trinajstić information content (AvgIpc) is 2.29. The third-order valence-electron chi connectivity index (χ3n) is 2.39. The zero-order valence-electron chi connectivity index (χ0n) is 9.50. The summed E-state index contributed by atoms with van der Waals surface area (Å²) in [6.45, 7) is 1.97. The number of hydrogen-bond donors (Lipinski definition) is 1. The Morgan fingerprint density at radius 2 is 1.88 bits per heavy atom. The van der Waals surface area contributed by atoms with Gasteiger partial charge in [0.05, 0.1) is 6.07 Å². The lowest BCUT2D eigenvalue weighted by atomic mass is 10.1. The monoisotopic (exact) mass is 227 g/mol. The van der Waals surface area contributed by atoms with Crippen LogP contribution in [0.4, 0.5) is 5.69 Å². The van der Waals surface area contributed by atoms with Crippen LogP contribution < -0.4 is 0 Å². The molecule has 0 spiro atoms. The van der Waals surface area contributed by atoms with Gasteiger partial charge in [0, 0.05) is 11.6 Å². The van der Waals surface area contributed by atoms with E-state index in [1.165, 1.54) is 18.3 Å². The molecule has 0 aliphatic heterocycles. The van der Waals surface area contributed by atoms with E-state index in [1.54, 1.807) is 12.1 Å². The van der Waals surface area contributed by atoms with Crippen LogP contribution in [0.2, 0.25) is 0 Å². The Bertz CT molecular complexity index is 562. The van der Waals surface area contributed by atoms with Crippen molar-refractivity contribution in [3.8, 4) is 5.75 Å². The molecule has 0 unspecified atom stereocenters. The Kier molecular flexibility index (Phi) is 3.10. The molecule has 2 rings (SSSR count). The van der Waals surface area contributed by atoms with Crippen molar-refractivity contribution in [2.24, 2.45) is 0 Å². The van der Waals surface area contributed by atoms with Gasteiger partial charge in [0.2, 0.25) is 5.69 Å². The standard InChI is InChI=1S/C14H13NO2/c1-11-4-2-5-12(8-11)10-15(17)13-6-3-7-14(16)9-13/h2-10,16H,1H3. The number of benzene rings is 2. The lowest BCUT2D eigenvalue weighted by Crippen LogP contribution is -1.98. The van der Waals surface area contributed by atoms with Crippen LogP contribution in [0, 0.1) is 12.1 Å². The number of nitrogens with zero attached hydrogens (tertiary/aromatic N) is 1. The van der Waals surface area contributed by atoms with Gasteiger partial charge in [-0.1, -0.05) is 23.8 Å². The molecular formula is C14H13NO2. The van der Waals surface area contributed by atoms with Gasteiger partial charge < -0.3 is 10.3 Å². The molecule has 0 saturated heterocycles.